The molecule has 0 fully saturated rings. The maximum absolute atomic E-state index is 2.21. The Kier molecular flexibility index (Phi) is 8.58. The topological polar surface area (TPSA) is 0 Å². The minimum atomic E-state index is 1.26. The van der Waals surface area contributed by atoms with E-state index in [2.05, 4.69) is 6.92 Å². The number of hydrogen-bond donors (Lipinski definition) is 0. The average Bonchev–Trinajstić information content (AvgIpc) is 1.69. The molecule has 0 nitrogen and oxygen atoms in total. The summed E-state index contributed by atoms with van der Waals surface area (Å²) in [5.74, 6) is 1.31. The summed E-state index contributed by atoms with van der Waals surface area (Å²) in [6, 6.07) is 0. The zero-order valence-electron chi connectivity index (χ0n) is 4.64. The molecule has 0 bridgehead atoms. The Bertz CT molecular complexity index is 29.4. The fourth-order valence-electron chi connectivity index (χ4n) is 0.165. The van der Waals surface area contributed by atoms with Crippen molar-refractivity contribution in [3.05, 3.63) is 0 Å². The molecule has 0 spiro atoms. The van der Waals surface area contributed by atoms with E-state index in [4.69, 9.17) is 0 Å². The molecule has 0 radical (unpaired) electrons. The van der Waals surface area contributed by atoms with Crippen LogP contribution in [0.2, 0.25) is 0 Å². The number of rotatable bonds is 4. The lowest BCUT2D eigenvalue weighted by molar-refractivity contribution is 1.11. The van der Waals surface area contributed by atoms with Gasteiger partial charge in [-0.2, -0.15) is 0 Å². The van der Waals surface area contributed by atoms with Gasteiger partial charge in [-0.15, -0.1) is 10.2 Å². The van der Waals surface area contributed by atoms with Gasteiger partial charge in [0.1, 0.15) is 0 Å². The Balaban J connectivity index is 2.45. The van der Waals surface area contributed by atoms with E-state index in [1.54, 1.807) is 0 Å². The van der Waals surface area contributed by atoms with Gasteiger partial charge in [0.2, 0.25) is 0 Å². The largest absolute Gasteiger partial charge is 0.122 e. The summed E-state index contributed by atoms with van der Waals surface area (Å²) in [5, 5.41) is 0. The predicted octanol–water partition coefficient (Wildman–Crippen LogP) is 1.71. The van der Waals surface area contributed by atoms with Gasteiger partial charge in [-0.05, 0) is 16.2 Å². The third kappa shape index (κ3) is 7.27. The van der Waals surface area contributed by atoms with Crippen LogP contribution in [0.4, 0.5) is 0 Å². The second-order valence-corrected chi connectivity index (χ2v) is 8.51. The molecule has 0 aliphatic heterocycles. The van der Waals surface area contributed by atoms with Gasteiger partial charge in [-0.1, -0.05) is 17.7 Å². The smallest absolute Gasteiger partial charge is 0.0846 e. The molecule has 0 aliphatic carbocycles. The Morgan fingerprint density at radius 3 is 2.71 bits per heavy atom. The summed E-state index contributed by atoms with van der Waals surface area (Å²) in [4.78, 5) is 0. The molecule has 0 aliphatic rings. The molecule has 0 aromatic carbocycles. The predicted molar refractivity (Wildman–Crippen MR) is 47.9 cm³/mol. The molecule has 7 heavy (non-hydrogen) atoms. The van der Waals surface area contributed by atoms with E-state index in [-0.39, 0.29) is 0 Å². The molecule has 0 amide bonds. The van der Waals surface area contributed by atoms with Gasteiger partial charge in [-0.25, -0.2) is 0 Å². The summed E-state index contributed by atoms with van der Waals surface area (Å²) in [6.45, 7) is 2.21. The minimum Gasteiger partial charge on any atom is -0.122 e. The molecule has 0 saturated carbocycles. The molecule has 0 unspecified atom stereocenters. The Morgan fingerprint density at radius 2 is 2.29 bits per heavy atom. The molecule has 0 N–H and O–H groups in total. The summed E-state index contributed by atoms with van der Waals surface area (Å²) >= 11 is 0. The molecule has 0 aromatic heterocycles. The van der Waals surface area contributed by atoms with Gasteiger partial charge in [0, 0.05) is 5.75 Å². The van der Waals surface area contributed by atoms with Crippen LogP contribution in [-0.2, 0) is 0 Å². The third-order valence-electron chi connectivity index (χ3n) is 0.404. The van der Waals surface area contributed by atoms with E-state index in [0.717, 1.165) is 0 Å². The summed E-state index contributed by atoms with van der Waals surface area (Å²) < 4.78 is 0. The van der Waals surface area contributed by atoms with Crippen molar-refractivity contribution in [3.8, 4) is 0 Å². The lowest BCUT2D eigenvalue weighted by atomic mass is 10.6. The zero-order valence-corrected chi connectivity index (χ0v) is 9.09. The lowest BCUT2D eigenvalue weighted by Crippen LogP contribution is -1.63. The normalized spacial score (nSPS) is 9.86. The maximum atomic E-state index is 2.21. The van der Waals surface area contributed by atoms with Gasteiger partial charge in [0.15, 0.2) is 0 Å². The van der Waals surface area contributed by atoms with E-state index >= 15 is 0 Å². The average molecular weight is 170 g/mol. The fourth-order valence-corrected chi connectivity index (χ4v) is 5.57. The van der Waals surface area contributed by atoms with Gasteiger partial charge in [-0.3, -0.25) is 0 Å². The molecular weight excluding hydrogens is 160 g/mol. The Morgan fingerprint density at radius 1 is 1.57 bits per heavy atom. The fraction of sp³-hybridized carbons (Fsp3) is 1.00. The van der Waals surface area contributed by atoms with Crippen molar-refractivity contribution in [3.63, 3.8) is 0 Å². The van der Waals surface area contributed by atoms with Crippen molar-refractivity contribution in [2.24, 2.45) is 0 Å². The Hall–Kier alpha value is 1.27. The minimum absolute atomic E-state index is 1.26. The molecule has 0 rings (SSSR count). The first kappa shape index (κ1) is 8.27. The highest BCUT2D eigenvalue weighted by molar-refractivity contribution is 9.13. The van der Waals surface area contributed by atoms with Crippen molar-refractivity contribution >= 4 is 40.3 Å². The van der Waals surface area contributed by atoms with Crippen molar-refractivity contribution in [1.29, 1.82) is 0 Å². The van der Waals surface area contributed by atoms with Crippen LogP contribution in [-0.4, -0.2) is 15.1 Å². The highest BCUT2D eigenvalue weighted by atomic mass is 33.5. The first-order valence-electron chi connectivity index (χ1n) is 2.24. The van der Waals surface area contributed by atoms with Crippen LogP contribution >= 0.6 is 30.9 Å². The highest BCUT2D eigenvalue weighted by Crippen LogP contribution is 2.31. The van der Waals surface area contributed by atoms with Crippen molar-refractivity contribution in [2.45, 2.75) is 13.3 Å². The van der Waals surface area contributed by atoms with Crippen LogP contribution < -0.4 is 0 Å². The van der Waals surface area contributed by atoms with E-state index in [1.807, 2.05) is 30.9 Å². The lowest BCUT2D eigenvalue weighted by Gasteiger charge is -1.90. The van der Waals surface area contributed by atoms with E-state index in [9.17, 15) is 0 Å². The van der Waals surface area contributed by atoms with Crippen LogP contribution in [0.5, 0.6) is 0 Å². The number of hydrogen-bond acceptors (Lipinski definition) is 3. The first-order valence-corrected chi connectivity index (χ1v) is 8.75. The zero-order chi connectivity index (χ0) is 5.54. The second-order valence-electron chi connectivity index (χ2n) is 1.06. The molecule has 0 saturated heterocycles. The van der Waals surface area contributed by atoms with Gasteiger partial charge in [0.25, 0.3) is 0 Å². The van der Waals surface area contributed by atoms with Crippen LogP contribution in [0.1, 0.15) is 13.3 Å². The summed E-state index contributed by atoms with van der Waals surface area (Å²) in [5.41, 5.74) is 0. The summed E-state index contributed by atoms with van der Waals surface area (Å²) in [6.07, 6.45) is 1.31. The van der Waals surface area contributed by atoms with Crippen molar-refractivity contribution in [1.82, 2.24) is 0 Å². The Labute approximate surface area is 59.5 Å². The molecule has 4 heteroatoms. The quantitative estimate of drug-likeness (QED) is 0.358. The van der Waals surface area contributed by atoms with E-state index in [0.29, 0.717) is 0 Å². The van der Waals surface area contributed by atoms with Crippen LogP contribution in [0.25, 0.3) is 0 Å². The molecule has 44 valence electrons. The maximum Gasteiger partial charge on any atom is 0.0846 e. The highest BCUT2D eigenvalue weighted by Gasteiger charge is 1.81. The van der Waals surface area contributed by atoms with E-state index < -0.39 is 0 Å². The van der Waals surface area contributed by atoms with Crippen LogP contribution in [0, 0.1) is 0 Å². The molecule has 0 atom stereocenters. The molecule has 0 aromatic rings. The standard InChI is InChI=1S/C3H10S3Si/c1-2-3-4-5-6-7/h2-3H2,1,7H3. The summed E-state index contributed by atoms with van der Waals surface area (Å²) in [7, 11) is 7.12. The second kappa shape index (κ2) is 7.27. The van der Waals surface area contributed by atoms with Crippen LogP contribution in [0.15, 0.2) is 0 Å². The van der Waals surface area contributed by atoms with Gasteiger partial charge in [0.05, 0.1) is 9.39 Å². The van der Waals surface area contributed by atoms with Gasteiger partial charge >= 0.3 is 0 Å². The third-order valence-corrected chi connectivity index (χ3v) is 8.17. The molecule has 0 heterocycles. The van der Waals surface area contributed by atoms with Gasteiger partial charge < -0.3 is 0 Å². The monoisotopic (exact) mass is 170 g/mol. The van der Waals surface area contributed by atoms with E-state index in [1.165, 1.54) is 21.6 Å². The molecular formula is C3H10S3Si. The van der Waals surface area contributed by atoms with Crippen molar-refractivity contribution < 1.29 is 0 Å². The first-order chi connectivity index (χ1) is 3.41. The van der Waals surface area contributed by atoms with Crippen molar-refractivity contribution in [2.75, 3.05) is 5.75 Å². The van der Waals surface area contributed by atoms with Crippen LogP contribution in [0.3, 0.4) is 0 Å². The SMILES string of the molecule is CCCSSS[SiH3].